The van der Waals surface area contributed by atoms with E-state index in [9.17, 15) is 27.6 Å². The number of piperidine rings is 1. The van der Waals surface area contributed by atoms with E-state index in [0.717, 1.165) is 30.4 Å². The molecule has 1 heterocycles. The molecule has 2 aromatic rings. The third-order valence-electron chi connectivity index (χ3n) is 8.73. The van der Waals surface area contributed by atoms with Crippen LogP contribution in [0.2, 0.25) is 0 Å². The molecule has 12 nitrogen and oxygen atoms in total. The Morgan fingerprint density at radius 1 is 0.958 bits per heavy atom. The number of benzene rings is 2. The predicted octanol–water partition coefficient (Wildman–Crippen LogP) is 3.50. The Morgan fingerprint density at radius 2 is 1.60 bits per heavy atom. The second-order valence-corrected chi connectivity index (χ2v) is 14.4. The number of ether oxygens (including phenoxy) is 1. The topological polar surface area (TPSA) is 171 Å². The Kier molecular flexibility index (Phi) is 14.0. The maximum Gasteiger partial charge on any atom is 0.303 e. The number of carboxylic acid groups (broad SMARTS) is 1. The van der Waals surface area contributed by atoms with E-state index in [1.54, 1.807) is 31.7 Å². The van der Waals surface area contributed by atoms with Gasteiger partial charge in [-0.3, -0.25) is 19.2 Å². The molecule has 1 aliphatic heterocycles. The first-order chi connectivity index (χ1) is 22.6. The maximum absolute atomic E-state index is 14.0. The van der Waals surface area contributed by atoms with Crippen molar-refractivity contribution in [2.24, 2.45) is 0 Å². The van der Waals surface area contributed by atoms with Gasteiger partial charge in [0.05, 0.1) is 18.4 Å². The molecule has 0 bridgehead atoms. The second kappa shape index (κ2) is 17.4. The molecule has 1 saturated heterocycles. The van der Waals surface area contributed by atoms with Gasteiger partial charge in [0.15, 0.2) is 0 Å². The Bertz CT molecular complexity index is 1570. The van der Waals surface area contributed by atoms with Crippen molar-refractivity contribution in [1.82, 2.24) is 20.3 Å². The van der Waals surface area contributed by atoms with Gasteiger partial charge >= 0.3 is 5.97 Å². The van der Waals surface area contributed by atoms with Crippen LogP contribution in [0.15, 0.2) is 35.2 Å². The van der Waals surface area contributed by atoms with Crippen LogP contribution in [0.4, 0.5) is 0 Å². The summed E-state index contributed by atoms with van der Waals surface area (Å²) in [6.07, 6.45) is 2.31. The van der Waals surface area contributed by atoms with Crippen molar-refractivity contribution >= 4 is 33.7 Å². The predicted molar refractivity (Wildman–Crippen MR) is 182 cm³/mol. The highest BCUT2D eigenvalue weighted by Gasteiger charge is 2.34. The van der Waals surface area contributed by atoms with Crippen LogP contribution >= 0.6 is 0 Å². The van der Waals surface area contributed by atoms with E-state index < -0.39 is 46.3 Å². The fourth-order valence-corrected chi connectivity index (χ4v) is 7.61. The van der Waals surface area contributed by atoms with Gasteiger partial charge in [-0.15, -0.1) is 0 Å². The van der Waals surface area contributed by atoms with E-state index in [2.05, 4.69) is 29.2 Å². The first-order valence-electron chi connectivity index (χ1n) is 16.5. The van der Waals surface area contributed by atoms with Crippen molar-refractivity contribution in [2.45, 2.75) is 102 Å². The van der Waals surface area contributed by atoms with Crippen LogP contribution in [0.1, 0.15) is 86.1 Å². The number of carboxylic acids is 1. The van der Waals surface area contributed by atoms with Crippen molar-refractivity contribution in [2.75, 3.05) is 26.7 Å². The van der Waals surface area contributed by atoms with Crippen LogP contribution in [-0.4, -0.2) is 80.9 Å². The van der Waals surface area contributed by atoms with E-state index in [4.69, 9.17) is 9.84 Å². The average Bonchev–Trinajstić information content (AvgIpc) is 3.04. The van der Waals surface area contributed by atoms with E-state index in [-0.39, 0.29) is 36.6 Å². The number of nitrogens with one attached hydrogen (secondary N) is 3. The monoisotopic (exact) mass is 686 g/mol. The summed E-state index contributed by atoms with van der Waals surface area (Å²) in [7, 11) is -2.87. The van der Waals surface area contributed by atoms with Crippen molar-refractivity contribution in [3.63, 3.8) is 0 Å². The number of likely N-dealkylation sites (tertiary alicyclic amines) is 1. The van der Waals surface area contributed by atoms with Gasteiger partial charge in [-0.1, -0.05) is 38.1 Å². The highest BCUT2D eigenvalue weighted by Crippen LogP contribution is 2.30. The number of nitrogens with zero attached hydrogens (tertiary/aromatic N) is 1. The molecule has 48 heavy (non-hydrogen) atoms. The van der Waals surface area contributed by atoms with E-state index in [1.165, 1.54) is 7.11 Å². The van der Waals surface area contributed by atoms with Crippen molar-refractivity contribution in [3.8, 4) is 5.75 Å². The summed E-state index contributed by atoms with van der Waals surface area (Å²) >= 11 is 0. The molecular formula is C35H50N4O8S. The molecule has 2 atom stereocenters. The minimum Gasteiger partial charge on any atom is -0.496 e. The maximum atomic E-state index is 14.0. The summed E-state index contributed by atoms with van der Waals surface area (Å²) in [5, 5.41) is 14.3. The molecule has 4 N–H and O–H groups in total. The van der Waals surface area contributed by atoms with Gasteiger partial charge < -0.3 is 25.4 Å². The smallest absolute Gasteiger partial charge is 0.303 e. The van der Waals surface area contributed by atoms with Crippen molar-refractivity contribution < 1.29 is 37.4 Å². The Morgan fingerprint density at radius 3 is 2.19 bits per heavy atom. The van der Waals surface area contributed by atoms with Gasteiger partial charge in [0.1, 0.15) is 17.8 Å². The van der Waals surface area contributed by atoms with Gasteiger partial charge in [0, 0.05) is 32.5 Å². The molecule has 3 amide bonds. The lowest BCUT2D eigenvalue weighted by atomic mass is 9.98. The zero-order chi connectivity index (χ0) is 35.6. The van der Waals surface area contributed by atoms with Gasteiger partial charge in [0.25, 0.3) is 0 Å². The standard InChI is InChI=1S/C35H50N4O8S/c1-22(2)27-14-12-26(13-15-27)20-29(35(44)39-17-8-7-9-18-39)37-34(43)28(21-31(40)36-16-10-11-32(41)42)38-48(45,46)33-23(3)19-30(47-6)24(4)25(33)5/h12-15,19,22,28-29,38H,7-11,16-18,20-21H2,1-6H3,(H,36,40)(H,37,43)(H,41,42). The number of aliphatic carboxylic acids is 1. The number of sulfonamides is 1. The van der Waals surface area contributed by atoms with E-state index >= 15 is 0 Å². The number of carbonyl (C=O) groups excluding carboxylic acids is 3. The van der Waals surface area contributed by atoms with E-state index in [1.807, 2.05) is 24.3 Å². The lowest BCUT2D eigenvalue weighted by molar-refractivity contribution is -0.138. The first-order valence-corrected chi connectivity index (χ1v) is 18.0. The van der Waals surface area contributed by atoms with Crippen molar-refractivity contribution in [1.29, 1.82) is 0 Å². The SMILES string of the molecule is COc1cc(C)c(S(=O)(=O)NC(CC(=O)NCCCC(=O)O)C(=O)NC(Cc2ccc(C(C)C)cc2)C(=O)N2CCCCC2)c(C)c1C. The number of amides is 3. The summed E-state index contributed by atoms with van der Waals surface area (Å²) in [4.78, 5) is 53.4. The fraction of sp³-hybridized carbons (Fsp3) is 0.543. The molecule has 0 spiro atoms. The molecule has 264 valence electrons. The summed E-state index contributed by atoms with van der Waals surface area (Å²) in [6.45, 7) is 10.3. The molecule has 0 saturated carbocycles. The van der Waals surface area contributed by atoms with Crippen LogP contribution in [0, 0.1) is 20.8 Å². The highest BCUT2D eigenvalue weighted by atomic mass is 32.2. The summed E-state index contributed by atoms with van der Waals surface area (Å²) in [5.41, 5.74) is 3.38. The summed E-state index contributed by atoms with van der Waals surface area (Å²) in [6, 6.07) is 6.82. The summed E-state index contributed by atoms with van der Waals surface area (Å²) in [5.74, 6) is -1.93. The molecular weight excluding hydrogens is 636 g/mol. The lowest BCUT2D eigenvalue weighted by Gasteiger charge is -2.31. The molecule has 2 unspecified atom stereocenters. The molecule has 0 radical (unpaired) electrons. The zero-order valence-corrected chi connectivity index (χ0v) is 29.7. The summed E-state index contributed by atoms with van der Waals surface area (Å²) < 4.78 is 35.6. The third kappa shape index (κ3) is 10.5. The van der Waals surface area contributed by atoms with Crippen LogP contribution < -0.4 is 20.1 Å². The van der Waals surface area contributed by atoms with Gasteiger partial charge in [0.2, 0.25) is 27.7 Å². The normalized spacial score (nSPS) is 14.7. The largest absolute Gasteiger partial charge is 0.496 e. The average molecular weight is 687 g/mol. The van der Waals surface area contributed by atoms with Crippen LogP contribution in [0.5, 0.6) is 5.75 Å². The number of aryl methyl sites for hydroxylation is 1. The zero-order valence-electron chi connectivity index (χ0n) is 28.9. The quantitative estimate of drug-likeness (QED) is 0.195. The molecule has 0 aromatic heterocycles. The number of hydrogen-bond acceptors (Lipinski definition) is 7. The lowest BCUT2D eigenvalue weighted by Crippen LogP contribution is -2.56. The molecule has 1 aliphatic rings. The van der Waals surface area contributed by atoms with Gasteiger partial charge in [-0.25, -0.2) is 8.42 Å². The highest BCUT2D eigenvalue weighted by molar-refractivity contribution is 7.89. The number of carbonyl (C=O) groups is 4. The minimum atomic E-state index is -4.36. The third-order valence-corrected chi connectivity index (χ3v) is 10.5. The Balaban J connectivity index is 1.94. The fourth-order valence-electron chi connectivity index (χ4n) is 5.89. The minimum absolute atomic E-state index is 0.0323. The number of methoxy groups -OCH3 is 1. The molecule has 3 rings (SSSR count). The van der Waals surface area contributed by atoms with Crippen molar-refractivity contribution in [3.05, 3.63) is 58.1 Å². The number of rotatable bonds is 16. The van der Waals surface area contributed by atoms with Crippen LogP contribution in [0.3, 0.4) is 0 Å². The van der Waals surface area contributed by atoms with E-state index in [0.29, 0.717) is 41.4 Å². The molecule has 0 aliphatic carbocycles. The van der Waals surface area contributed by atoms with Crippen LogP contribution in [0.25, 0.3) is 0 Å². The second-order valence-electron chi connectivity index (χ2n) is 12.7. The molecule has 13 heteroatoms. The van der Waals surface area contributed by atoms with Crippen LogP contribution in [-0.2, 0) is 35.6 Å². The molecule has 2 aromatic carbocycles. The van der Waals surface area contributed by atoms with Gasteiger partial charge in [-0.2, -0.15) is 4.72 Å². The Labute approximate surface area is 284 Å². The first kappa shape index (κ1) is 38.5. The number of hydrogen-bond donors (Lipinski definition) is 4. The van der Waals surface area contributed by atoms with Gasteiger partial charge in [-0.05, 0) is 86.3 Å². The molecule has 1 fully saturated rings. The Hall–Kier alpha value is -3.97.